The average molecular weight is 280 g/mol. The van der Waals surface area contributed by atoms with E-state index in [1.165, 1.54) is 0 Å². The summed E-state index contributed by atoms with van der Waals surface area (Å²) in [4.78, 5) is 11.8. The van der Waals surface area contributed by atoms with Crippen LogP contribution in [0.3, 0.4) is 0 Å². The highest BCUT2D eigenvalue weighted by Crippen LogP contribution is 2.25. The molecule has 112 valence electrons. The summed E-state index contributed by atoms with van der Waals surface area (Å²) < 4.78 is 6.96. The first-order chi connectivity index (χ1) is 9.79. The van der Waals surface area contributed by atoms with Crippen LogP contribution in [0.2, 0.25) is 0 Å². The number of nitrogens with one attached hydrogen (secondary N) is 1. The van der Waals surface area contributed by atoms with Crippen LogP contribution in [0.1, 0.15) is 39.0 Å². The third-order valence-corrected chi connectivity index (χ3v) is 3.76. The smallest absolute Gasteiger partial charge is 0.308 e. The maximum Gasteiger partial charge on any atom is 0.308 e. The van der Waals surface area contributed by atoms with Gasteiger partial charge in [-0.1, -0.05) is 11.6 Å². The summed E-state index contributed by atoms with van der Waals surface area (Å²) in [6.45, 7) is 4.16. The van der Waals surface area contributed by atoms with E-state index >= 15 is 0 Å². The van der Waals surface area contributed by atoms with Crippen LogP contribution in [0.15, 0.2) is 12.4 Å². The fourth-order valence-corrected chi connectivity index (χ4v) is 2.75. The molecule has 0 amide bonds. The van der Waals surface area contributed by atoms with E-state index in [1.807, 2.05) is 17.8 Å². The normalized spacial score (nSPS) is 22.6. The number of hydrogen-bond acceptors (Lipinski definition) is 5. The van der Waals surface area contributed by atoms with Crippen LogP contribution in [0.25, 0.3) is 0 Å². The Labute approximate surface area is 119 Å². The van der Waals surface area contributed by atoms with E-state index in [4.69, 9.17) is 4.74 Å². The van der Waals surface area contributed by atoms with Crippen molar-refractivity contribution >= 4 is 5.97 Å². The van der Waals surface area contributed by atoms with Crippen LogP contribution in [0.4, 0.5) is 0 Å². The molecule has 0 saturated heterocycles. The van der Waals surface area contributed by atoms with Gasteiger partial charge in [-0.2, -0.15) is 0 Å². The van der Waals surface area contributed by atoms with Gasteiger partial charge in [0.2, 0.25) is 0 Å². The summed E-state index contributed by atoms with van der Waals surface area (Å²) in [5.74, 6) is 0.0538. The van der Waals surface area contributed by atoms with Gasteiger partial charge in [0.05, 0.1) is 18.7 Å². The van der Waals surface area contributed by atoms with Crippen molar-refractivity contribution in [1.29, 1.82) is 0 Å². The van der Waals surface area contributed by atoms with E-state index in [2.05, 4.69) is 15.6 Å². The lowest BCUT2D eigenvalue weighted by atomic mass is 9.85. The Morgan fingerprint density at radius 3 is 3.15 bits per heavy atom. The number of hydrogen-bond donors (Lipinski definition) is 1. The van der Waals surface area contributed by atoms with E-state index in [-0.39, 0.29) is 11.9 Å². The van der Waals surface area contributed by atoms with Gasteiger partial charge in [0.25, 0.3) is 0 Å². The first kappa shape index (κ1) is 15.0. The maximum absolute atomic E-state index is 11.8. The molecule has 1 aliphatic carbocycles. The molecule has 6 nitrogen and oxygen atoms in total. The Kier molecular flexibility index (Phi) is 5.98. The van der Waals surface area contributed by atoms with Gasteiger partial charge in [-0.15, -0.1) is 5.10 Å². The van der Waals surface area contributed by atoms with Gasteiger partial charge in [0.1, 0.15) is 0 Å². The van der Waals surface area contributed by atoms with Gasteiger partial charge >= 0.3 is 5.97 Å². The molecule has 20 heavy (non-hydrogen) atoms. The molecular formula is C14H24N4O2. The number of ether oxygens (including phenoxy) is 1. The molecule has 0 radical (unpaired) electrons. The first-order valence-electron chi connectivity index (χ1n) is 7.53. The Bertz CT molecular complexity index is 394. The number of carbonyl (C=O) groups excluding carboxylic acids is 1. The SMILES string of the molecule is CCOC(=O)C1CCCC(NCCCn2ccnn2)C1. The number of nitrogens with zero attached hydrogens (tertiary/aromatic N) is 3. The molecular weight excluding hydrogens is 256 g/mol. The number of aromatic nitrogens is 3. The van der Waals surface area contributed by atoms with Gasteiger partial charge in [-0.3, -0.25) is 9.48 Å². The van der Waals surface area contributed by atoms with Crippen molar-refractivity contribution in [3.05, 3.63) is 12.4 Å². The molecule has 2 atom stereocenters. The first-order valence-corrected chi connectivity index (χ1v) is 7.53. The van der Waals surface area contributed by atoms with Crippen LogP contribution >= 0.6 is 0 Å². The van der Waals surface area contributed by atoms with E-state index in [1.54, 1.807) is 6.20 Å². The van der Waals surface area contributed by atoms with Crippen molar-refractivity contribution in [3.8, 4) is 0 Å². The molecule has 6 heteroatoms. The second-order valence-electron chi connectivity index (χ2n) is 5.29. The van der Waals surface area contributed by atoms with Crippen LogP contribution in [-0.4, -0.2) is 40.2 Å². The monoisotopic (exact) mass is 280 g/mol. The second-order valence-corrected chi connectivity index (χ2v) is 5.29. The van der Waals surface area contributed by atoms with Crippen LogP contribution in [-0.2, 0) is 16.1 Å². The van der Waals surface area contributed by atoms with Crippen LogP contribution in [0.5, 0.6) is 0 Å². The zero-order valence-electron chi connectivity index (χ0n) is 12.1. The molecule has 0 spiro atoms. The zero-order valence-corrected chi connectivity index (χ0v) is 12.1. The maximum atomic E-state index is 11.8. The summed E-state index contributed by atoms with van der Waals surface area (Å²) in [5, 5.41) is 11.3. The van der Waals surface area contributed by atoms with Gasteiger partial charge in [0, 0.05) is 18.8 Å². The third kappa shape index (κ3) is 4.59. The van der Waals surface area contributed by atoms with Crippen molar-refractivity contribution in [2.45, 2.75) is 51.6 Å². The van der Waals surface area contributed by atoms with Gasteiger partial charge < -0.3 is 10.1 Å². The van der Waals surface area contributed by atoms with Gasteiger partial charge in [-0.05, 0) is 39.2 Å². The fraction of sp³-hybridized carbons (Fsp3) is 0.786. The lowest BCUT2D eigenvalue weighted by Gasteiger charge is -2.28. The third-order valence-electron chi connectivity index (χ3n) is 3.76. The quantitative estimate of drug-likeness (QED) is 0.603. The van der Waals surface area contributed by atoms with Crippen molar-refractivity contribution in [1.82, 2.24) is 20.3 Å². The van der Waals surface area contributed by atoms with Crippen LogP contribution < -0.4 is 5.32 Å². The van der Waals surface area contributed by atoms with Gasteiger partial charge in [0.15, 0.2) is 0 Å². The lowest BCUT2D eigenvalue weighted by molar-refractivity contribution is -0.149. The molecule has 0 bridgehead atoms. The summed E-state index contributed by atoms with van der Waals surface area (Å²) in [6.07, 6.45) is 8.71. The fourth-order valence-electron chi connectivity index (χ4n) is 2.75. The summed E-state index contributed by atoms with van der Waals surface area (Å²) in [7, 11) is 0. The topological polar surface area (TPSA) is 69.0 Å². The van der Waals surface area contributed by atoms with E-state index in [0.29, 0.717) is 12.6 Å². The minimum absolute atomic E-state index is 0.0263. The molecule has 1 fully saturated rings. The Morgan fingerprint density at radius 2 is 2.40 bits per heavy atom. The average Bonchev–Trinajstić information content (AvgIpc) is 2.97. The molecule has 2 unspecified atom stereocenters. The standard InChI is InChI=1S/C14H24N4O2/c1-2-20-14(19)12-5-3-6-13(11-12)15-7-4-9-18-10-8-16-17-18/h8,10,12-13,15H,2-7,9,11H2,1H3. The molecule has 2 rings (SSSR count). The lowest BCUT2D eigenvalue weighted by Crippen LogP contribution is -2.37. The Hall–Kier alpha value is -1.43. The predicted octanol–water partition coefficient (Wildman–Crippen LogP) is 1.38. The highest BCUT2D eigenvalue weighted by Gasteiger charge is 2.27. The highest BCUT2D eigenvalue weighted by atomic mass is 16.5. The van der Waals surface area contributed by atoms with Crippen molar-refractivity contribution in [2.24, 2.45) is 5.92 Å². The molecule has 1 aliphatic rings. The number of rotatable bonds is 7. The Balaban J connectivity index is 1.64. The summed E-state index contributed by atoms with van der Waals surface area (Å²) >= 11 is 0. The molecule has 0 aromatic carbocycles. The van der Waals surface area contributed by atoms with E-state index < -0.39 is 0 Å². The molecule has 1 aromatic heterocycles. The van der Waals surface area contributed by atoms with Crippen molar-refractivity contribution < 1.29 is 9.53 Å². The van der Waals surface area contributed by atoms with Gasteiger partial charge in [-0.25, -0.2) is 0 Å². The zero-order chi connectivity index (χ0) is 14.2. The molecule has 1 saturated carbocycles. The summed E-state index contributed by atoms with van der Waals surface area (Å²) in [6, 6.07) is 0.439. The predicted molar refractivity (Wildman–Crippen MR) is 75.0 cm³/mol. The number of esters is 1. The number of carbonyl (C=O) groups is 1. The number of aryl methyl sites for hydroxylation is 1. The Morgan fingerprint density at radius 1 is 1.50 bits per heavy atom. The van der Waals surface area contributed by atoms with Crippen LogP contribution in [0, 0.1) is 5.92 Å². The molecule has 0 aliphatic heterocycles. The van der Waals surface area contributed by atoms with E-state index in [9.17, 15) is 4.79 Å². The molecule has 1 heterocycles. The summed E-state index contributed by atoms with van der Waals surface area (Å²) in [5.41, 5.74) is 0. The van der Waals surface area contributed by atoms with E-state index in [0.717, 1.165) is 45.2 Å². The highest BCUT2D eigenvalue weighted by molar-refractivity contribution is 5.72. The van der Waals surface area contributed by atoms with Crippen molar-refractivity contribution in [2.75, 3.05) is 13.2 Å². The van der Waals surface area contributed by atoms with Crippen molar-refractivity contribution in [3.63, 3.8) is 0 Å². The molecule has 1 aromatic rings. The second kappa shape index (κ2) is 7.99. The molecule has 1 N–H and O–H groups in total. The minimum atomic E-state index is -0.0263. The minimum Gasteiger partial charge on any atom is -0.466 e. The largest absolute Gasteiger partial charge is 0.466 e.